The fourth-order valence-corrected chi connectivity index (χ4v) is 2.67. The highest BCUT2D eigenvalue weighted by Crippen LogP contribution is 2.21. The average Bonchev–Trinajstić information content (AvgIpc) is 2.63. The smallest absolute Gasteiger partial charge is 0.259 e. The number of anilines is 1. The summed E-state index contributed by atoms with van der Waals surface area (Å²) in [7, 11) is 1.48. The molecule has 1 saturated heterocycles. The molecule has 126 valence electrons. The number of amides is 1. The van der Waals surface area contributed by atoms with Crippen LogP contribution < -0.4 is 9.64 Å². The molecule has 24 heavy (non-hydrogen) atoms. The minimum atomic E-state index is -0.411. The van der Waals surface area contributed by atoms with Crippen LogP contribution in [0, 0.1) is 12.7 Å². The highest BCUT2D eigenvalue weighted by molar-refractivity contribution is 5.96. The van der Waals surface area contributed by atoms with E-state index in [2.05, 4.69) is 15.0 Å². The highest BCUT2D eigenvalue weighted by Gasteiger charge is 2.26. The second-order valence-electron chi connectivity index (χ2n) is 5.44. The Kier molecular flexibility index (Phi) is 4.54. The summed E-state index contributed by atoms with van der Waals surface area (Å²) in [6.07, 6.45) is 2.93. The van der Waals surface area contributed by atoms with Crippen molar-refractivity contribution in [3.8, 4) is 5.88 Å². The Bertz CT molecular complexity index is 747. The predicted molar refractivity (Wildman–Crippen MR) is 85.6 cm³/mol. The van der Waals surface area contributed by atoms with Crippen LogP contribution >= 0.6 is 0 Å². The minimum absolute atomic E-state index is 0.140. The quantitative estimate of drug-likeness (QED) is 0.844. The number of pyridine rings is 1. The Labute approximate surface area is 139 Å². The molecule has 3 rings (SSSR count). The predicted octanol–water partition coefficient (Wildman–Crippen LogP) is 1.29. The van der Waals surface area contributed by atoms with E-state index >= 15 is 0 Å². The molecule has 8 heteroatoms. The van der Waals surface area contributed by atoms with Gasteiger partial charge in [-0.3, -0.25) is 4.79 Å². The number of rotatable bonds is 3. The molecule has 3 heterocycles. The lowest BCUT2D eigenvalue weighted by atomic mass is 10.2. The first kappa shape index (κ1) is 16.1. The summed E-state index contributed by atoms with van der Waals surface area (Å²) >= 11 is 0. The zero-order chi connectivity index (χ0) is 17.1. The molecule has 0 radical (unpaired) electrons. The second kappa shape index (κ2) is 6.77. The molecule has 2 aromatic rings. The van der Waals surface area contributed by atoms with Gasteiger partial charge in [0, 0.05) is 32.4 Å². The lowest BCUT2D eigenvalue weighted by molar-refractivity contribution is 0.0742. The standard InChI is InChI=1S/C16H18FN5O2/c1-11-13(17)14(20-10-19-11)21-6-8-22(9-7-21)16(23)12-4-3-5-18-15(12)24-2/h3-5,10H,6-9H2,1-2H3. The Morgan fingerprint density at radius 1 is 1.21 bits per heavy atom. The molecule has 1 amide bonds. The SMILES string of the molecule is COc1ncccc1C(=O)N1CCN(c2ncnc(C)c2F)CC1. The van der Waals surface area contributed by atoms with E-state index in [0.717, 1.165) is 0 Å². The molecular weight excluding hydrogens is 313 g/mol. The Morgan fingerprint density at radius 3 is 2.67 bits per heavy atom. The maximum atomic E-state index is 14.1. The van der Waals surface area contributed by atoms with Crippen molar-refractivity contribution >= 4 is 11.7 Å². The van der Waals surface area contributed by atoms with Gasteiger partial charge in [0.15, 0.2) is 11.6 Å². The summed E-state index contributed by atoms with van der Waals surface area (Å²) in [5, 5.41) is 0. The molecule has 1 aliphatic rings. The summed E-state index contributed by atoms with van der Waals surface area (Å²) in [6.45, 7) is 3.55. The molecule has 0 atom stereocenters. The normalized spacial score (nSPS) is 14.6. The maximum Gasteiger partial charge on any atom is 0.259 e. The lowest BCUT2D eigenvalue weighted by Gasteiger charge is -2.35. The second-order valence-corrected chi connectivity index (χ2v) is 5.44. The molecule has 0 N–H and O–H groups in total. The third-order valence-corrected chi connectivity index (χ3v) is 4.01. The van der Waals surface area contributed by atoms with E-state index in [1.807, 2.05) is 4.90 Å². The van der Waals surface area contributed by atoms with Crippen molar-refractivity contribution in [3.63, 3.8) is 0 Å². The van der Waals surface area contributed by atoms with Crippen LogP contribution in [0.15, 0.2) is 24.7 Å². The molecular formula is C16H18FN5O2. The average molecular weight is 331 g/mol. The minimum Gasteiger partial charge on any atom is -0.480 e. The third-order valence-electron chi connectivity index (χ3n) is 4.01. The van der Waals surface area contributed by atoms with Gasteiger partial charge in [-0.15, -0.1) is 0 Å². The summed E-state index contributed by atoms with van der Waals surface area (Å²) < 4.78 is 19.3. The zero-order valence-electron chi connectivity index (χ0n) is 13.6. The number of carbonyl (C=O) groups excluding carboxylic acids is 1. The number of aromatic nitrogens is 3. The summed E-state index contributed by atoms with van der Waals surface area (Å²) in [5.74, 6) is 0.0427. The van der Waals surface area contributed by atoms with Gasteiger partial charge in [0.25, 0.3) is 5.91 Å². The Hall–Kier alpha value is -2.77. The van der Waals surface area contributed by atoms with Crippen LogP contribution in [0.1, 0.15) is 16.1 Å². The first-order valence-corrected chi connectivity index (χ1v) is 7.62. The molecule has 0 saturated carbocycles. The van der Waals surface area contributed by atoms with Gasteiger partial charge in [-0.2, -0.15) is 0 Å². The number of halogens is 1. The van der Waals surface area contributed by atoms with Gasteiger partial charge in [-0.1, -0.05) is 0 Å². The van der Waals surface area contributed by atoms with Crippen LogP contribution in [-0.4, -0.2) is 59.0 Å². The van der Waals surface area contributed by atoms with Gasteiger partial charge in [0.2, 0.25) is 5.88 Å². The Balaban J connectivity index is 1.71. The van der Waals surface area contributed by atoms with Gasteiger partial charge < -0.3 is 14.5 Å². The fraction of sp³-hybridized carbons (Fsp3) is 0.375. The molecule has 2 aromatic heterocycles. The van der Waals surface area contributed by atoms with Crippen molar-refractivity contribution < 1.29 is 13.9 Å². The number of nitrogens with zero attached hydrogens (tertiary/aromatic N) is 5. The van der Waals surface area contributed by atoms with Crippen molar-refractivity contribution in [3.05, 3.63) is 41.7 Å². The zero-order valence-corrected chi connectivity index (χ0v) is 13.6. The fourth-order valence-electron chi connectivity index (χ4n) is 2.67. The van der Waals surface area contributed by atoms with Crippen LogP contribution in [0.3, 0.4) is 0 Å². The van der Waals surface area contributed by atoms with Crippen LogP contribution in [0.2, 0.25) is 0 Å². The number of aryl methyl sites for hydroxylation is 1. The van der Waals surface area contributed by atoms with Crippen LogP contribution in [0.25, 0.3) is 0 Å². The summed E-state index contributed by atoms with van der Waals surface area (Å²) in [5.41, 5.74) is 0.746. The number of hydrogen-bond acceptors (Lipinski definition) is 6. The Morgan fingerprint density at radius 2 is 1.96 bits per heavy atom. The van der Waals surface area contributed by atoms with Crippen molar-refractivity contribution in [1.82, 2.24) is 19.9 Å². The summed E-state index contributed by atoms with van der Waals surface area (Å²) in [6, 6.07) is 3.39. The van der Waals surface area contributed by atoms with Gasteiger partial charge in [-0.05, 0) is 19.1 Å². The first-order chi connectivity index (χ1) is 11.6. The topological polar surface area (TPSA) is 71.5 Å². The van der Waals surface area contributed by atoms with Crippen molar-refractivity contribution in [2.24, 2.45) is 0 Å². The highest BCUT2D eigenvalue weighted by atomic mass is 19.1. The van der Waals surface area contributed by atoms with Gasteiger partial charge >= 0.3 is 0 Å². The number of methoxy groups -OCH3 is 1. The summed E-state index contributed by atoms with van der Waals surface area (Å²) in [4.78, 5) is 28.1. The van der Waals surface area contributed by atoms with Gasteiger partial charge in [0.05, 0.1) is 12.8 Å². The number of piperazine rings is 1. The molecule has 1 fully saturated rings. The maximum absolute atomic E-state index is 14.1. The van der Waals surface area contributed by atoms with Crippen LogP contribution in [0.5, 0.6) is 5.88 Å². The molecule has 0 bridgehead atoms. The molecule has 0 unspecified atom stereocenters. The van der Waals surface area contributed by atoms with Crippen molar-refractivity contribution in [2.45, 2.75) is 6.92 Å². The lowest BCUT2D eigenvalue weighted by Crippen LogP contribution is -2.49. The van der Waals surface area contributed by atoms with E-state index in [0.29, 0.717) is 43.3 Å². The van der Waals surface area contributed by atoms with E-state index in [1.54, 1.807) is 30.2 Å². The van der Waals surface area contributed by atoms with E-state index in [1.165, 1.54) is 13.4 Å². The van der Waals surface area contributed by atoms with Crippen LogP contribution in [0.4, 0.5) is 10.2 Å². The molecule has 1 aliphatic heterocycles. The van der Waals surface area contributed by atoms with Gasteiger partial charge in [-0.25, -0.2) is 19.3 Å². The molecule has 7 nitrogen and oxygen atoms in total. The largest absolute Gasteiger partial charge is 0.480 e. The van der Waals surface area contributed by atoms with E-state index in [-0.39, 0.29) is 11.7 Å². The first-order valence-electron chi connectivity index (χ1n) is 7.62. The van der Waals surface area contributed by atoms with E-state index in [9.17, 15) is 9.18 Å². The van der Waals surface area contributed by atoms with Crippen molar-refractivity contribution in [1.29, 1.82) is 0 Å². The number of hydrogen-bond donors (Lipinski definition) is 0. The van der Waals surface area contributed by atoms with Crippen molar-refractivity contribution in [2.75, 3.05) is 38.2 Å². The monoisotopic (exact) mass is 331 g/mol. The van der Waals surface area contributed by atoms with E-state index in [4.69, 9.17) is 4.74 Å². The van der Waals surface area contributed by atoms with Gasteiger partial charge in [0.1, 0.15) is 11.9 Å². The molecule has 0 aromatic carbocycles. The van der Waals surface area contributed by atoms with Crippen LogP contribution in [-0.2, 0) is 0 Å². The number of ether oxygens (including phenoxy) is 1. The third kappa shape index (κ3) is 2.99. The molecule has 0 aliphatic carbocycles. The van der Waals surface area contributed by atoms with E-state index < -0.39 is 5.82 Å². The number of carbonyl (C=O) groups is 1. The molecule has 0 spiro atoms.